The van der Waals surface area contributed by atoms with Gasteiger partial charge in [0.15, 0.2) is 0 Å². The summed E-state index contributed by atoms with van der Waals surface area (Å²) in [7, 11) is 0. The van der Waals surface area contributed by atoms with E-state index in [4.69, 9.17) is 5.73 Å². The van der Waals surface area contributed by atoms with Gasteiger partial charge in [-0.3, -0.25) is 0 Å². The predicted molar refractivity (Wildman–Crippen MR) is 39.6 cm³/mol. The van der Waals surface area contributed by atoms with E-state index in [0.29, 0.717) is 0 Å². The molecule has 0 amide bonds. The number of hydrogen-bond acceptors (Lipinski definition) is 3. The van der Waals surface area contributed by atoms with E-state index in [1.54, 1.807) is 0 Å². The van der Waals surface area contributed by atoms with Gasteiger partial charge in [0, 0.05) is 0 Å². The summed E-state index contributed by atoms with van der Waals surface area (Å²) in [4.78, 5) is 0. The average Bonchev–Trinajstić information content (AvgIpc) is 2.34. The van der Waals surface area contributed by atoms with Crippen LogP contribution in [0.4, 0.5) is 0 Å². The first-order valence-electron chi connectivity index (χ1n) is 3.54. The van der Waals surface area contributed by atoms with Gasteiger partial charge in [-0.1, -0.05) is 6.08 Å². The van der Waals surface area contributed by atoms with E-state index in [2.05, 4.69) is 23.0 Å². The van der Waals surface area contributed by atoms with Crippen LogP contribution in [0.1, 0.15) is 12.8 Å². The van der Waals surface area contributed by atoms with Crippen molar-refractivity contribution in [3.63, 3.8) is 0 Å². The second-order valence-electron chi connectivity index (χ2n) is 2.63. The zero-order valence-corrected chi connectivity index (χ0v) is 5.72. The SMILES string of the molecule is NC1NNC2=C1CCC=C2. The zero-order valence-electron chi connectivity index (χ0n) is 5.72. The van der Waals surface area contributed by atoms with Crippen LogP contribution in [0.15, 0.2) is 23.4 Å². The van der Waals surface area contributed by atoms with Gasteiger partial charge in [-0.2, -0.15) is 0 Å². The number of allylic oxidation sites excluding steroid dienone is 2. The van der Waals surface area contributed by atoms with Crippen molar-refractivity contribution < 1.29 is 0 Å². The third-order valence-electron chi connectivity index (χ3n) is 1.95. The van der Waals surface area contributed by atoms with Gasteiger partial charge in [0.2, 0.25) is 0 Å². The highest BCUT2D eigenvalue weighted by Gasteiger charge is 2.20. The van der Waals surface area contributed by atoms with Crippen molar-refractivity contribution in [3.05, 3.63) is 23.4 Å². The standard InChI is InChI=1S/C7H11N3/c8-7-5-3-1-2-4-6(5)9-10-7/h2,4,7,9-10H,1,3,8H2. The number of hydrazine groups is 1. The number of nitrogens with two attached hydrogens (primary N) is 1. The van der Waals surface area contributed by atoms with Crippen LogP contribution in [0.5, 0.6) is 0 Å². The third-order valence-corrected chi connectivity index (χ3v) is 1.95. The molecule has 0 fully saturated rings. The molecule has 10 heavy (non-hydrogen) atoms. The molecule has 54 valence electrons. The highest BCUT2D eigenvalue weighted by molar-refractivity contribution is 5.33. The van der Waals surface area contributed by atoms with Gasteiger partial charge in [-0.15, -0.1) is 0 Å². The minimum atomic E-state index is 0.0277. The minimum absolute atomic E-state index is 0.0277. The summed E-state index contributed by atoms with van der Waals surface area (Å²) in [5.41, 5.74) is 14.2. The fraction of sp³-hybridized carbons (Fsp3) is 0.429. The second kappa shape index (κ2) is 2.11. The van der Waals surface area contributed by atoms with Crippen molar-refractivity contribution in [2.24, 2.45) is 5.73 Å². The topological polar surface area (TPSA) is 50.1 Å². The van der Waals surface area contributed by atoms with E-state index in [0.717, 1.165) is 12.8 Å². The molecule has 1 aliphatic heterocycles. The van der Waals surface area contributed by atoms with Crippen LogP contribution in [0.2, 0.25) is 0 Å². The quantitative estimate of drug-likeness (QED) is 0.440. The van der Waals surface area contributed by atoms with Gasteiger partial charge in [0.1, 0.15) is 0 Å². The number of nitrogens with one attached hydrogen (secondary N) is 2. The summed E-state index contributed by atoms with van der Waals surface area (Å²) in [6.45, 7) is 0. The van der Waals surface area contributed by atoms with Gasteiger partial charge in [-0.05, 0) is 24.5 Å². The predicted octanol–water partition coefficient (Wildman–Crippen LogP) is -0.0169. The van der Waals surface area contributed by atoms with Gasteiger partial charge >= 0.3 is 0 Å². The molecule has 2 rings (SSSR count). The van der Waals surface area contributed by atoms with Crippen molar-refractivity contribution >= 4 is 0 Å². The number of hydrogen-bond donors (Lipinski definition) is 3. The van der Waals surface area contributed by atoms with Crippen molar-refractivity contribution in [2.75, 3.05) is 0 Å². The van der Waals surface area contributed by atoms with E-state index in [1.807, 2.05) is 0 Å². The molecule has 0 bridgehead atoms. The van der Waals surface area contributed by atoms with Crippen molar-refractivity contribution in [2.45, 2.75) is 19.0 Å². The Kier molecular flexibility index (Phi) is 1.25. The molecule has 0 saturated carbocycles. The lowest BCUT2D eigenvalue weighted by Crippen LogP contribution is -2.39. The van der Waals surface area contributed by atoms with Crippen molar-refractivity contribution in [1.82, 2.24) is 10.9 Å². The Morgan fingerprint density at radius 2 is 2.50 bits per heavy atom. The summed E-state index contributed by atoms with van der Waals surface area (Å²) in [5, 5.41) is 0. The Morgan fingerprint density at radius 3 is 3.30 bits per heavy atom. The smallest absolute Gasteiger partial charge is 0.0965 e. The van der Waals surface area contributed by atoms with Crippen LogP contribution in [0.3, 0.4) is 0 Å². The Labute approximate surface area is 59.9 Å². The van der Waals surface area contributed by atoms with Crippen LogP contribution in [0.25, 0.3) is 0 Å². The summed E-state index contributed by atoms with van der Waals surface area (Å²) in [6.07, 6.45) is 6.48. The average molecular weight is 137 g/mol. The molecule has 0 aromatic carbocycles. The first-order chi connectivity index (χ1) is 4.88. The Balaban J connectivity index is 2.29. The van der Waals surface area contributed by atoms with Gasteiger partial charge in [0.25, 0.3) is 0 Å². The molecule has 0 radical (unpaired) electrons. The molecule has 1 atom stereocenters. The van der Waals surface area contributed by atoms with Gasteiger partial charge < -0.3 is 11.2 Å². The van der Waals surface area contributed by atoms with Crippen LogP contribution >= 0.6 is 0 Å². The maximum Gasteiger partial charge on any atom is 0.0965 e. The zero-order chi connectivity index (χ0) is 6.97. The molecule has 0 saturated heterocycles. The molecule has 3 heteroatoms. The molecule has 2 aliphatic rings. The fourth-order valence-corrected chi connectivity index (χ4v) is 1.37. The Morgan fingerprint density at radius 1 is 1.60 bits per heavy atom. The summed E-state index contributed by atoms with van der Waals surface area (Å²) < 4.78 is 0. The van der Waals surface area contributed by atoms with E-state index in [1.165, 1.54) is 11.3 Å². The second-order valence-corrected chi connectivity index (χ2v) is 2.63. The lowest BCUT2D eigenvalue weighted by molar-refractivity contribution is 0.577. The highest BCUT2D eigenvalue weighted by Crippen LogP contribution is 2.20. The lowest BCUT2D eigenvalue weighted by atomic mass is 10.0. The summed E-state index contributed by atoms with van der Waals surface area (Å²) in [5.74, 6) is 0. The molecule has 1 heterocycles. The highest BCUT2D eigenvalue weighted by atomic mass is 15.4. The van der Waals surface area contributed by atoms with Crippen molar-refractivity contribution in [3.8, 4) is 0 Å². The van der Waals surface area contributed by atoms with E-state index in [-0.39, 0.29) is 6.17 Å². The molecule has 0 spiro atoms. The Bertz CT molecular complexity index is 205. The van der Waals surface area contributed by atoms with Gasteiger partial charge in [0.05, 0.1) is 11.9 Å². The number of rotatable bonds is 0. The normalized spacial score (nSPS) is 30.3. The molecule has 0 aromatic heterocycles. The minimum Gasteiger partial charge on any atom is -0.320 e. The molecular formula is C7H11N3. The fourth-order valence-electron chi connectivity index (χ4n) is 1.37. The van der Waals surface area contributed by atoms with E-state index >= 15 is 0 Å². The molecule has 0 aromatic rings. The third kappa shape index (κ3) is 0.751. The summed E-state index contributed by atoms with van der Waals surface area (Å²) >= 11 is 0. The van der Waals surface area contributed by atoms with Crippen LogP contribution in [-0.2, 0) is 0 Å². The van der Waals surface area contributed by atoms with E-state index < -0.39 is 0 Å². The molecule has 1 aliphatic carbocycles. The van der Waals surface area contributed by atoms with Gasteiger partial charge in [-0.25, -0.2) is 5.43 Å². The first-order valence-corrected chi connectivity index (χ1v) is 3.54. The van der Waals surface area contributed by atoms with Crippen LogP contribution in [-0.4, -0.2) is 6.17 Å². The molecule has 3 nitrogen and oxygen atoms in total. The molecule has 1 unspecified atom stereocenters. The first kappa shape index (κ1) is 5.95. The van der Waals surface area contributed by atoms with E-state index in [9.17, 15) is 0 Å². The van der Waals surface area contributed by atoms with Crippen molar-refractivity contribution in [1.29, 1.82) is 0 Å². The van der Waals surface area contributed by atoms with Crippen LogP contribution in [0, 0.1) is 0 Å². The lowest BCUT2D eigenvalue weighted by Gasteiger charge is -2.08. The molecular weight excluding hydrogens is 126 g/mol. The molecule has 4 N–H and O–H groups in total. The summed E-state index contributed by atoms with van der Waals surface area (Å²) in [6, 6.07) is 0. The maximum atomic E-state index is 5.72. The van der Waals surface area contributed by atoms with Crippen LogP contribution < -0.4 is 16.6 Å². The Hall–Kier alpha value is -0.800. The maximum absolute atomic E-state index is 5.72. The monoisotopic (exact) mass is 137 g/mol. The largest absolute Gasteiger partial charge is 0.320 e.